The number of ether oxygens (including phenoxy) is 1. The Labute approximate surface area is 114 Å². The molecule has 7 heteroatoms. The standard InChI is InChI=1S/C12H21N3O3S/c1-10-9-18-5-4-15(10)19(16,17)12-6-11(7-13-2)14(3)8-12/h6,8,10,13H,4-5,7,9H2,1-3H3. The SMILES string of the molecule is CNCc1cc(S(=O)(=O)N2CCOCC2C)cn1C. The Morgan fingerprint density at radius 3 is 2.89 bits per heavy atom. The first-order valence-corrected chi connectivity index (χ1v) is 7.80. The van der Waals surface area contributed by atoms with Crippen LogP contribution in [0.15, 0.2) is 17.2 Å². The topological polar surface area (TPSA) is 63.6 Å². The van der Waals surface area contributed by atoms with Crippen LogP contribution in [0.3, 0.4) is 0 Å². The average molecular weight is 287 g/mol. The molecular weight excluding hydrogens is 266 g/mol. The highest BCUT2D eigenvalue weighted by atomic mass is 32.2. The Morgan fingerprint density at radius 2 is 2.26 bits per heavy atom. The van der Waals surface area contributed by atoms with E-state index in [9.17, 15) is 8.42 Å². The molecule has 2 rings (SSSR count). The number of aromatic nitrogens is 1. The Bertz CT molecular complexity index is 538. The molecule has 0 saturated carbocycles. The number of morpholine rings is 1. The van der Waals surface area contributed by atoms with E-state index in [1.165, 1.54) is 4.31 Å². The predicted molar refractivity (Wildman–Crippen MR) is 72.3 cm³/mol. The van der Waals surface area contributed by atoms with E-state index in [1.54, 1.807) is 12.3 Å². The summed E-state index contributed by atoms with van der Waals surface area (Å²) in [4.78, 5) is 0.356. The van der Waals surface area contributed by atoms with Crippen LogP contribution in [0.5, 0.6) is 0 Å². The van der Waals surface area contributed by atoms with Crippen molar-refractivity contribution in [1.82, 2.24) is 14.2 Å². The van der Waals surface area contributed by atoms with Crippen LogP contribution in [0.2, 0.25) is 0 Å². The van der Waals surface area contributed by atoms with Crippen LogP contribution in [0.1, 0.15) is 12.6 Å². The third-order valence-electron chi connectivity index (χ3n) is 3.35. The molecule has 1 aromatic rings. The summed E-state index contributed by atoms with van der Waals surface area (Å²) in [6.45, 7) is 3.84. The number of nitrogens with zero attached hydrogens (tertiary/aromatic N) is 2. The fourth-order valence-corrected chi connectivity index (χ4v) is 3.98. The van der Waals surface area contributed by atoms with Crippen LogP contribution >= 0.6 is 0 Å². The summed E-state index contributed by atoms with van der Waals surface area (Å²) in [6, 6.07) is 1.61. The first kappa shape index (κ1) is 14.5. The lowest BCUT2D eigenvalue weighted by Gasteiger charge is -2.31. The molecule has 0 spiro atoms. The first-order valence-electron chi connectivity index (χ1n) is 6.36. The summed E-state index contributed by atoms with van der Waals surface area (Å²) >= 11 is 0. The van der Waals surface area contributed by atoms with E-state index in [4.69, 9.17) is 4.74 Å². The first-order chi connectivity index (χ1) is 8.96. The van der Waals surface area contributed by atoms with Crippen LogP contribution < -0.4 is 5.32 Å². The van der Waals surface area contributed by atoms with Crippen molar-refractivity contribution in [3.63, 3.8) is 0 Å². The lowest BCUT2D eigenvalue weighted by molar-refractivity contribution is 0.0393. The van der Waals surface area contributed by atoms with E-state index in [-0.39, 0.29) is 6.04 Å². The van der Waals surface area contributed by atoms with Crippen molar-refractivity contribution in [3.05, 3.63) is 18.0 Å². The van der Waals surface area contributed by atoms with E-state index >= 15 is 0 Å². The zero-order valence-electron chi connectivity index (χ0n) is 11.6. The van der Waals surface area contributed by atoms with Crippen molar-refractivity contribution in [2.75, 3.05) is 26.8 Å². The highest BCUT2D eigenvalue weighted by Crippen LogP contribution is 2.22. The van der Waals surface area contributed by atoms with Gasteiger partial charge in [0.05, 0.1) is 13.2 Å². The van der Waals surface area contributed by atoms with Gasteiger partial charge in [-0.05, 0) is 20.0 Å². The van der Waals surface area contributed by atoms with Gasteiger partial charge in [-0.2, -0.15) is 4.31 Å². The van der Waals surface area contributed by atoms with E-state index in [0.29, 0.717) is 31.2 Å². The highest BCUT2D eigenvalue weighted by molar-refractivity contribution is 7.89. The van der Waals surface area contributed by atoms with Gasteiger partial charge in [0.2, 0.25) is 10.0 Å². The largest absolute Gasteiger partial charge is 0.378 e. The number of nitrogens with one attached hydrogen (secondary N) is 1. The molecule has 6 nitrogen and oxygen atoms in total. The average Bonchev–Trinajstić information content (AvgIpc) is 2.73. The lowest BCUT2D eigenvalue weighted by Crippen LogP contribution is -2.46. The molecule has 19 heavy (non-hydrogen) atoms. The Hall–Kier alpha value is -0.890. The van der Waals surface area contributed by atoms with Gasteiger partial charge in [0.15, 0.2) is 0 Å². The second-order valence-corrected chi connectivity index (χ2v) is 6.74. The zero-order valence-corrected chi connectivity index (χ0v) is 12.4. The molecule has 1 atom stereocenters. The molecule has 1 saturated heterocycles. The van der Waals surface area contributed by atoms with Crippen molar-refractivity contribution >= 4 is 10.0 Å². The molecular formula is C12H21N3O3S. The van der Waals surface area contributed by atoms with Crippen molar-refractivity contribution in [3.8, 4) is 0 Å². The predicted octanol–water partition coefficient (Wildman–Crippen LogP) is 0.154. The summed E-state index contributed by atoms with van der Waals surface area (Å²) in [6.07, 6.45) is 1.67. The molecule has 0 bridgehead atoms. The van der Waals surface area contributed by atoms with Crippen LogP contribution in [-0.4, -0.2) is 50.1 Å². The highest BCUT2D eigenvalue weighted by Gasteiger charge is 2.32. The van der Waals surface area contributed by atoms with Crippen LogP contribution in [0.25, 0.3) is 0 Å². The fourth-order valence-electron chi connectivity index (χ4n) is 2.28. The summed E-state index contributed by atoms with van der Waals surface area (Å²) in [5, 5.41) is 3.03. The monoisotopic (exact) mass is 287 g/mol. The van der Waals surface area contributed by atoms with Crippen molar-refractivity contribution in [1.29, 1.82) is 0 Å². The maximum absolute atomic E-state index is 12.6. The van der Waals surface area contributed by atoms with Gasteiger partial charge in [-0.15, -0.1) is 0 Å². The molecule has 1 unspecified atom stereocenters. The minimum absolute atomic E-state index is 0.119. The quantitative estimate of drug-likeness (QED) is 0.856. The number of hydrogen-bond acceptors (Lipinski definition) is 4. The van der Waals surface area contributed by atoms with Gasteiger partial charge in [0.1, 0.15) is 4.90 Å². The maximum atomic E-state index is 12.6. The van der Waals surface area contributed by atoms with Crippen LogP contribution in [0, 0.1) is 0 Å². The molecule has 0 aliphatic carbocycles. The second-order valence-electron chi connectivity index (χ2n) is 4.85. The van der Waals surface area contributed by atoms with Crippen molar-refractivity contribution < 1.29 is 13.2 Å². The molecule has 1 aliphatic rings. The van der Waals surface area contributed by atoms with Crippen molar-refractivity contribution in [2.45, 2.75) is 24.4 Å². The van der Waals surface area contributed by atoms with Gasteiger partial charge in [0, 0.05) is 38.1 Å². The molecule has 2 heterocycles. The maximum Gasteiger partial charge on any atom is 0.244 e. The Balaban J connectivity index is 2.30. The molecule has 1 aliphatic heterocycles. The molecule has 1 N–H and O–H groups in total. The molecule has 0 radical (unpaired) electrons. The van der Waals surface area contributed by atoms with E-state index < -0.39 is 10.0 Å². The van der Waals surface area contributed by atoms with Crippen LogP contribution in [-0.2, 0) is 28.4 Å². The number of hydrogen-bond donors (Lipinski definition) is 1. The van der Waals surface area contributed by atoms with Gasteiger partial charge in [-0.25, -0.2) is 8.42 Å². The fraction of sp³-hybridized carbons (Fsp3) is 0.667. The van der Waals surface area contributed by atoms with Crippen LogP contribution in [0.4, 0.5) is 0 Å². The second kappa shape index (κ2) is 5.62. The summed E-state index contributed by atoms with van der Waals surface area (Å²) in [5.41, 5.74) is 0.946. The molecule has 1 fully saturated rings. The van der Waals surface area contributed by atoms with Gasteiger partial charge < -0.3 is 14.6 Å². The van der Waals surface area contributed by atoms with Crippen molar-refractivity contribution in [2.24, 2.45) is 7.05 Å². The van der Waals surface area contributed by atoms with E-state index in [0.717, 1.165) is 5.69 Å². The normalized spacial score (nSPS) is 21.7. The zero-order chi connectivity index (χ0) is 14.0. The number of aryl methyl sites for hydroxylation is 1. The van der Waals surface area contributed by atoms with E-state index in [2.05, 4.69) is 5.32 Å². The van der Waals surface area contributed by atoms with Gasteiger partial charge in [-0.1, -0.05) is 0 Å². The summed E-state index contributed by atoms with van der Waals surface area (Å²) in [5.74, 6) is 0. The summed E-state index contributed by atoms with van der Waals surface area (Å²) in [7, 11) is 0.268. The smallest absolute Gasteiger partial charge is 0.244 e. The third kappa shape index (κ3) is 2.84. The van der Waals surface area contributed by atoms with E-state index in [1.807, 2.05) is 25.6 Å². The van der Waals surface area contributed by atoms with Gasteiger partial charge >= 0.3 is 0 Å². The minimum atomic E-state index is -3.43. The van der Waals surface area contributed by atoms with Gasteiger partial charge in [-0.3, -0.25) is 0 Å². The molecule has 1 aromatic heterocycles. The molecule has 0 amide bonds. The Morgan fingerprint density at radius 1 is 1.53 bits per heavy atom. The third-order valence-corrected chi connectivity index (χ3v) is 5.33. The minimum Gasteiger partial charge on any atom is -0.378 e. The number of sulfonamides is 1. The Kier molecular flexibility index (Phi) is 4.29. The molecule has 0 aromatic carbocycles. The molecule has 108 valence electrons. The summed E-state index contributed by atoms with van der Waals surface area (Å²) < 4.78 is 33.9. The lowest BCUT2D eigenvalue weighted by atomic mass is 10.3. The van der Waals surface area contributed by atoms with Gasteiger partial charge in [0.25, 0.3) is 0 Å². The number of rotatable bonds is 4.